The van der Waals surface area contributed by atoms with E-state index < -0.39 is 6.64 Å². The molecular formula is C12H22N3O2PS2. The van der Waals surface area contributed by atoms with E-state index >= 15 is 0 Å². The molecule has 1 aromatic rings. The summed E-state index contributed by atoms with van der Waals surface area (Å²) in [6.07, 6.45) is 0. The molecule has 0 spiro atoms. The fraction of sp³-hybridized carbons (Fsp3) is 0.667. The maximum atomic E-state index is 5.85. The Bertz CT molecular complexity index is 486. The highest BCUT2D eigenvalue weighted by Crippen LogP contribution is 2.44. The molecule has 0 aliphatic heterocycles. The minimum absolute atomic E-state index is 0.180. The summed E-state index contributed by atoms with van der Waals surface area (Å²) in [6.45, 7) is 7.81. The number of aromatic nitrogens is 2. The second-order valence-corrected chi connectivity index (χ2v) is 8.72. The fourth-order valence-electron chi connectivity index (χ4n) is 1.45. The molecule has 20 heavy (non-hydrogen) atoms. The van der Waals surface area contributed by atoms with Crippen LogP contribution < -0.4 is 9.61 Å². The van der Waals surface area contributed by atoms with Gasteiger partial charge in [0, 0.05) is 17.8 Å². The summed E-state index contributed by atoms with van der Waals surface area (Å²) < 4.78 is 11.5. The van der Waals surface area contributed by atoms with E-state index in [0.717, 1.165) is 11.4 Å². The molecule has 0 fully saturated rings. The van der Waals surface area contributed by atoms with E-state index in [4.69, 9.17) is 20.9 Å². The topological polar surface area (TPSA) is 56.3 Å². The van der Waals surface area contributed by atoms with Crippen molar-refractivity contribution in [2.45, 2.75) is 45.8 Å². The lowest BCUT2D eigenvalue weighted by Crippen LogP contribution is -2.23. The second kappa shape index (κ2) is 8.29. The lowest BCUT2D eigenvalue weighted by Gasteiger charge is -2.24. The summed E-state index contributed by atoms with van der Waals surface area (Å²) in [7, 11) is 0. The zero-order valence-electron chi connectivity index (χ0n) is 12.5. The third-order valence-corrected chi connectivity index (χ3v) is 5.46. The standard InChI is InChI=1S/C12H22N3O2PS2/c1-6-16-18(19,15-9(3)4)17-11-8-10(5)13-12(14-11)20-7-2/h8-9H,6-7H2,1-5H3,(H,15,19). The van der Waals surface area contributed by atoms with E-state index in [-0.39, 0.29) is 6.04 Å². The largest absolute Gasteiger partial charge is 0.414 e. The summed E-state index contributed by atoms with van der Waals surface area (Å²) in [5.41, 5.74) is 0.855. The van der Waals surface area contributed by atoms with Gasteiger partial charge in [0.2, 0.25) is 5.88 Å². The van der Waals surface area contributed by atoms with Crippen LogP contribution in [-0.2, 0) is 16.3 Å². The predicted molar refractivity (Wildman–Crippen MR) is 88.0 cm³/mol. The fourth-order valence-corrected chi connectivity index (χ4v) is 4.74. The van der Waals surface area contributed by atoms with Crippen LogP contribution in [-0.4, -0.2) is 28.4 Å². The van der Waals surface area contributed by atoms with Gasteiger partial charge in [0.25, 0.3) is 0 Å². The molecule has 0 aliphatic carbocycles. The first-order valence-corrected chi connectivity index (χ1v) is 10.2. The first-order chi connectivity index (χ1) is 9.38. The van der Waals surface area contributed by atoms with Crippen molar-refractivity contribution < 1.29 is 9.05 Å². The smallest absolute Gasteiger partial charge is 0.314 e. The van der Waals surface area contributed by atoms with Crippen molar-refractivity contribution in [3.63, 3.8) is 0 Å². The van der Waals surface area contributed by atoms with Crippen LogP contribution in [0.25, 0.3) is 0 Å². The van der Waals surface area contributed by atoms with Crippen LogP contribution in [0.1, 0.15) is 33.4 Å². The maximum absolute atomic E-state index is 5.85. The van der Waals surface area contributed by atoms with Gasteiger partial charge in [-0.25, -0.2) is 10.1 Å². The SMILES string of the molecule is CCOP(=S)(NC(C)C)Oc1cc(C)nc(SCC)n1. The van der Waals surface area contributed by atoms with Gasteiger partial charge in [-0.3, -0.25) is 0 Å². The number of hydrogen-bond acceptors (Lipinski definition) is 6. The van der Waals surface area contributed by atoms with E-state index in [9.17, 15) is 0 Å². The molecule has 1 aromatic heterocycles. The quantitative estimate of drug-likeness (QED) is 0.443. The van der Waals surface area contributed by atoms with Gasteiger partial charge >= 0.3 is 6.64 Å². The molecule has 0 radical (unpaired) electrons. The molecule has 1 N–H and O–H groups in total. The molecule has 0 saturated heterocycles. The lowest BCUT2D eigenvalue weighted by molar-refractivity contribution is 0.315. The van der Waals surface area contributed by atoms with E-state index in [1.54, 1.807) is 17.8 Å². The summed E-state index contributed by atoms with van der Waals surface area (Å²) in [5, 5.41) is 3.89. The third-order valence-electron chi connectivity index (χ3n) is 2.01. The van der Waals surface area contributed by atoms with Crippen LogP contribution in [0.5, 0.6) is 5.88 Å². The van der Waals surface area contributed by atoms with E-state index in [0.29, 0.717) is 17.6 Å². The van der Waals surface area contributed by atoms with Gasteiger partial charge in [-0.1, -0.05) is 18.7 Å². The Hall–Kier alpha value is -0.200. The average Bonchev–Trinajstić information content (AvgIpc) is 2.26. The Morgan fingerprint density at radius 1 is 1.40 bits per heavy atom. The number of aryl methyl sites for hydroxylation is 1. The van der Waals surface area contributed by atoms with Crippen molar-refractivity contribution in [2.24, 2.45) is 0 Å². The van der Waals surface area contributed by atoms with Gasteiger partial charge in [0.15, 0.2) is 5.16 Å². The first kappa shape index (κ1) is 17.9. The van der Waals surface area contributed by atoms with Crippen LogP contribution in [0.3, 0.4) is 0 Å². The minimum Gasteiger partial charge on any atom is -0.414 e. The van der Waals surface area contributed by atoms with Gasteiger partial charge < -0.3 is 9.05 Å². The molecule has 8 heteroatoms. The van der Waals surface area contributed by atoms with Crippen LogP contribution in [0, 0.1) is 6.92 Å². The summed E-state index contributed by atoms with van der Waals surface area (Å²) in [6, 6.07) is 1.96. The predicted octanol–water partition coefficient (Wildman–Crippen LogP) is 3.53. The third kappa shape index (κ3) is 6.06. The van der Waals surface area contributed by atoms with Crippen molar-refractivity contribution >= 4 is 30.2 Å². The molecule has 0 amide bonds. The normalized spacial score (nSPS) is 14.3. The van der Waals surface area contributed by atoms with Crippen molar-refractivity contribution in [3.05, 3.63) is 11.8 Å². The van der Waals surface area contributed by atoms with Gasteiger partial charge in [-0.15, -0.1) is 0 Å². The number of rotatable bonds is 8. The van der Waals surface area contributed by atoms with E-state index in [1.165, 1.54) is 0 Å². The Morgan fingerprint density at radius 2 is 2.10 bits per heavy atom. The molecule has 1 atom stereocenters. The molecule has 1 heterocycles. The molecule has 114 valence electrons. The molecule has 5 nitrogen and oxygen atoms in total. The van der Waals surface area contributed by atoms with Crippen LogP contribution in [0.2, 0.25) is 0 Å². The lowest BCUT2D eigenvalue weighted by atomic mass is 10.4. The summed E-state index contributed by atoms with van der Waals surface area (Å²) >= 11 is 7.07. The molecule has 0 saturated carbocycles. The average molecular weight is 335 g/mol. The molecular weight excluding hydrogens is 313 g/mol. The molecule has 0 aromatic carbocycles. The Balaban J connectivity index is 2.95. The molecule has 0 bridgehead atoms. The van der Waals surface area contributed by atoms with Gasteiger partial charge in [-0.2, -0.15) is 4.98 Å². The first-order valence-electron chi connectivity index (χ1n) is 6.59. The van der Waals surface area contributed by atoms with Crippen LogP contribution in [0.15, 0.2) is 11.2 Å². The van der Waals surface area contributed by atoms with Crippen molar-refractivity contribution in [2.75, 3.05) is 12.4 Å². The van der Waals surface area contributed by atoms with Crippen molar-refractivity contribution in [1.29, 1.82) is 0 Å². The van der Waals surface area contributed by atoms with E-state index in [1.807, 2.05) is 27.7 Å². The second-order valence-electron chi connectivity index (χ2n) is 4.35. The number of nitrogens with zero attached hydrogens (tertiary/aromatic N) is 2. The summed E-state index contributed by atoms with van der Waals surface area (Å²) in [4.78, 5) is 8.72. The molecule has 0 aliphatic rings. The Labute approximate surface area is 130 Å². The van der Waals surface area contributed by atoms with E-state index in [2.05, 4.69) is 22.0 Å². The minimum atomic E-state index is -2.57. The summed E-state index contributed by atoms with van der Waals surface area (Å²) in [5.74, 6) is 1.38. The number of hydrogen-bond donors (Lipinski definition) is 1. The van der Waals surface area contributed by atoms with Crippen LogP contribution >= 0.6 is 18.4 Å². The van der Waals surface area contributed by atoms with Crippen molar-refractivity contribution in [1.82, 2.24) is 15.1 Å². The van der Waals surface area contributed by atoms with Crippen molar-refractivity contribution in [3.8, 4) is 5.88 Å². The highest BCUT2D eigenvalue weighted by atomic mass is 32.5. The molecule has 1 rings (SSSR count). The maximum Gasteiger partial charge on any atom is 0.314 e. The highest BCUT2D eigenvalue weighted by molar-refractivity contribution is 8.09. The zero-order chi connectivity index (χ0) is 15.2. The highest BCUT2D eigenvalue weighted by Gasteiger charge is 2.22. The van der Waals surface area contributed by atoms with Gasteiger partial charge in [0.1, 0.15) is 0 Å². The Kier molecular flexibility index (Phi) is 7.40. The number of nitrogens with one attached hydrogen (secondary N) is 1. The van der Waals surface area contributed by atoms with Gasteiger partial charge in [0.05, 0.1) is 6.61 Å². The molecule has 1 unspecified atom stereocenters. The monoisotopic (exact) mass is 335 g/mol. The number of thioether (sulfide) groups is 1. The Morgan fingerprint density at radius 3 is 2.65 bits per heavy atom. The van der Waals surface area contributed by atoms with Gasteiger partial charge in [-0.05, 0) is 45.3 Å². The zero-order valence-corrected chi connectivity index (χ0v) is 15.1. The van der Waals surface area contributed by atoms with Crippen LogP contribution in [0.4, 0.5) is 0 Å².